The monoisotopic (exact) mass is 638 g/mol. The molecule has 2 heterocycles. The van der Waals surface area contributed by atoms with Gasteiger partial charge in [0.1, 0.15) is 39.4 Å². The molecule has 4 aromatic rings. The van der Waals surface area contributed by atoms with Gasteiger partial charge in [-0.15, -0.1) is 0 Å². The molecule has 0 saturated heterocycles. The lowest BCUT2D eigenvalue weighted by molar-refractivity contribution is -0.173. The van der Waals surface area contributed by atoms with Crippen molar-refractivity contribution in [2.24, 2.45) is 0 Å². The normalized spacial score (nSPS) is 20.8. The zero-order valence-corrected chi connectivity index (χ0v) is 26.1. The average Bonchev–Trinajstić information content (AvgIpc) is 3.08. The molecule has 8 nitrogen and oxygen atoms in total. The Bertz CT molecular complexity index is 1690. The van der Waals surface area contributed by atoms with Gasteiger partial charge in [-0.3, -0.25) is 0 Å². The van der Waals surface area contributed by atoms with Crippen LogP contribution in [-0.2, 0) is 59.1 Å². The van der Waals surface area contributed by atoms with Gasteiger partial charge in [0, 0.05) is 0 Å². The second-order valence-electron chi connectivity index (χ2n) is 10.7. The van der Waals surface area contributed by atoms with E-state index in [2.05, 4.69) is 0 Å². The predicted octanol–water partition coefficient (Wildman–Crippen LogP) is 6.56. The number of rotatable bonds is 12. The van der Waals surface area contributed by atoms with Crippen molar-refractivity contribution in [2.45, 2.75) is 45.1 Å². The van der Waals surface area contributed by atoms with Gasteiger partial charge >= 0.3 is 11.9 Å². The van der Waals surface area contributed by atoms with Crippen LogP contribution in [0.15, 0.2) is 143 Å². The topological polar surface area (TPSA) is 89.5 Å². The molecule has 0 saturated carbocycles. The quantitative estimate of drug-likeness (QED) is 0.127. The number of carbonyl (C=O) groups excluding carboxylic acids is 1. The Hall–Kier alpha value is -4.54. The summed E-state index contributed by atoms with van der Waals surface area (Å²) in [5, 5.41) is 0. The molecular weight excluding hydrogens is 604 g/mol. The second-order valence-corrected chi connectivity index (χ2v) is 12.1. The average molecular weight is 639 g/mol. The number of allylic oxidation sites excluding steroid dienone is 1. The van der Waals surface area contributed by atoms with Crippen LogP contribution in [0.4, 0.5) is 0 Å². The maximum Gasteiger partial charge on any atom is 0.356 e. The number of hydrogen-bond donors (Lipinski definition) is 0. The van der Waals surface area contributed by atoms with Crippen LogP contribution < -0.4 is 4.74 Å². The summed E-state index contributed by atoms with van der Waals surface area (Å²) < 4.78 is 51.4. The van der Waals surface area contributed by atoms with Crippen LogP contribution in [0, 0.1) is 0 Å². The van der Waals surface area contributed by atoms with Crippen LogP contribution in [0.1, 0.15) is 23.6 Å². The summed E-state index contributed by atoms with van der Waals surface area (Å²) in [6.07, 6.45) is -2.36. The van der Waals surface area contributed by atoms with E-state index in [9.17, 15) is 9.00 Å². The summed E-state index contributed by atoms with van der Waals surface area (Å²) in [7, 11) is -2.05. The molecule has 4 unspecified atom stereocenters. The van der Waals surface area contributed by atoms with Gasteiger partial charge in [0.2, 0.25) is 0 Å². The van der Waals surface area contributed by atoms with E-state index in [4.69, 9.17) is 28.4 Å². The lowest BCUT2D eigenvalue weighted by atomic mass is 10.0. The Labute approximate surface area is 270 Å². The van der Waals surface area contributed by atoms with Crippen LogP contribution >= 0.6 is 0 Å². The number of ether oxygens (including phenoxy) is 6. The van der Waals surface area contributed by atoms with Gasteiger partial charge in [-0.1, -0.05) is 109 Å². The molecule has 0 amide bonds. The van der Waals surface area contributed by atoms with Crippen molar-refractivity contribution in [1.82, 2.24) is 0 Å². The first-order valence-corrected chi connectivity index (χ1v) is 16.1. The molecule has 0 bridgehead atoms. The molecule has 6 rings (SSSR count). The smallest absolute Gasteiger partial charge is 0.356 e. The Morgan fingerprint density at radius 1 is 0.717 bits per heavy atom. The molecule has 46 heavy (non-hydrogen) atoms. The van der Waals surface area contributed by atoms with Crippen molar-refractivity contribution in [2.75, 3.05) is 6.61 Å². The fraction of sp³-hybridized carbons (Fsp3) is 0.216. The van der Waals surface area contributed by atoms with Crippen molar-refractivity contribution in [3.63, 3.8) is 0 Å². The van der Waals surface area contributed by atoms with Gasteiger partial charge in [0.25, 0.3) is 0 Å². The van der Waals surface area contributed by atoms with E-state index < -0.39 is 35.1 Å². The summed E-state index contributed by atoms with van der Waals surface area (Å²) >= 11 is 0. The fourth-order valence-corrected chi connectivity index (χ4v) is 6.52. The first-order valence-electron chi connectivity index (χ1n) is 15.0. The van der Waals surface area contributed by atoms with Gasteiger partial charge in [-0.05, 0) is 35.7 Å². The third-order valence-corrected chi connectivity index (χ3v) is 9.05. The molecular formula is C37H34O8S. The van der Waals surface area contributed by atoms with E-state index in [1.54, 1.807) is 31.2 Å². The minimum absolute atomic E-state index is 0.0121. The molecule has 0 N–H and O–H groups in total. The molecule has 4 atom stereocenters. The van der Waals surface area contributed by atoms with Gasteiger partial charge in [-0.2, -0.15) is 0 Å². The van der Waals surface area contributed by atoms with E-state index in [1.165, 1.54) is 0 Å². The van der Waals surface area contributed by atoms with E-state index in [1.807, 2.05) is 97.1 Å². The number of benzene rings is 4. The summed E-state index contributed by atoms with van der Waals surface area (Å²) in [6.45, 7) is 2.48. The Morgan fingerprint density at radius 3 is 1.83 bits per heavy atom. The standard InChI is InChI=1S/C37H34O8S/c1-26-34(36(38)44-30-20-12-5-13-21-30)46(39)35-33(42-24-29-18-10-4-11-19-29)32(41-23-28-16-8-3-9-17-28)31(45-37(35)43-26)25-40-22-27-14-6-2-7-15-27/h2-21,31-33H,22-25H2,1H3. The number of carbonyl (C=O) groups is 1. The number of esters is 1. The van der Waals surface area contributed by atoms with Crippen LogP contribution in [0.2, 0.25) is 0 Å². The molecule has 9 heteroatoms. The van der Waals surface area contributed by atoms with Crippen molar-refractivity contribution in [1.29, 1.82) is 0 Å². The van der Waals surface area contributed by atoms with Crippen molar-refractivity contribution < 1.29 is 37.4 Å². The minimum atomic E-state index is -2.05. The van der Waals surface area contributed by atoms with Crippen molar-refractivity contribution in [3.8, 4) is 5.75 Å². The van der Waals surface area contributed by atoms with Gasteiger partial charge in [0.05, 0.1) is 26.4 Å². The predicted molar refractivity (Wildman–Crippen MR) is 172 cm³/mol. The van der Waals surface area contributed by atoms with E-state index in [0.29, 0.717) is 12.4 Å². The highest BCUT2D eigenvalue weighted by Crippen LogP contribution is 2.40. The molecule has 0 aliphatic carbocycles. The Morgan fingerprint density at radius 2 is 1.24 bits per heavy atom. The van der Waals surface area contributed by atoms with Crippen LogP contribution in [0.5, 0.6) is 5.75 Å². The molecule has 2 aliphatic rings. The number of hydrogen-bond acceptors (Lipinski definition) is 8. The largest absolute Gasteiger partial charge is 0.456 e. The van der Waals surface area contributed by atoms with Gasteiger partial charge in [0.15, 0.2) is 11.0 Å². The van der Waals surface area contributed by atoms with Crippen LogP contribution in [-0.4, -0.2) is 35.1 Å². The zero-order chi connectivity index (χ0) is 31.7. The lowest BCUT2D eigenvalue weighted by Crippen LogP contribution is -2.51. The summed E-state index contributed by atoms with van der Waals surface area (Å²) in [5.74, 6) is -0.336. The zero-order valence-electron chi connectivity index (χ0n) is 25.3. The summed E-state index contributed by atoms with van der Waals surface area (Å²) in [6, 6.07) is 37.8. The minimum Gasteiger partial charge on any atom is -0.456 e. The maximum atomic E-state index is 14.3. The van der Waals surface area contributed by atoms with E-state index >= 15 is 0 Å². The third-order valence-electron chi connectivity index (χ3n) is 7.42. The summed E-state index contributed by atoms with van der Waals surface area (Å²) in [5.41, 5.74) is 2.86. The van der Waals surface area contributed by atoms with Gasteiger partial charge < -0.3 is 28.4 Å². The lowest BCUT2D eigenvalue weighted by Gasteiger charge is -2.40. The number of para-hydroxylation sites is 1. The Balaban J connectivity index is 1.31. The molecule has 0 aromatic heterocycles. The molecule has 2 aliphatic heterocycles. The molecule has 0 fully saturated rings. The van der Waals surface area contributed by atoms with Gasteiger partial charge in [-0.25, -0.2) is 9.00 Å². The second kappa shape index (κ2) is 15.2. The Kier molecular flexibility index (Phi) is 10.4. The first-order chi connectivity index (χ1) is 22.6. The first kappa shape index (κ1) is 31.4. The van der Waals surface area contributed by atoms with E-state index in [-0.39, 0.29) is 41.3 Å². The van der Waals surface area contributed by atoms with Crippen LogP contribution in [0.3, 0.4) is 0 Å². The molecule has 236 valence electrons. The summed E-state index contributed by atoms with van der Waals surface area (Å²) in [4.78, 5) is 13.4. The van der Waals surface area contributed by atoms with Crippen molar-refractivity contribution in [3.05, 3.63) is 160 Å². The van der Waals surface area contributed by atoms with Crippen LogP contribution in [0.25, 0.3) is 0 Å². The molecule has 4 aromatic carbocycles. The molecule has 0 radical (unpaired) electrons. The highest BCUT2D eigenvalue weighted by Gasteiger charge is 2.49. The maximum absolute atomic E-state index is 14.3. The molecule has 0 spiro atoms. The highest BCUT2D eigenvalue weighted by molar-refractivity contribution is 7.94. The highest BCUT2D eigenvalue weighted by atomic mass is 32.2. The SMILES string of the molecule is CC1=C(C(=O)Oc2ccccc2)S(=O)C2=C(O1)OC(COCc1ccccc1)C(OCc1ccccc1)C2OCc1ccccc1. The fourth-order valence-electron chi connectivity index (χ4n) is 5.15. The van der Waals surface area contributed by atoms with E-state index in [0.717, 1.165) is 16.7 Å². The third kappa shape index (κ3) is 7.63. The van der Waals surface area contributed by atoms with Crippen molar-refractivity contribution >= 4 is 16.8 Å².